The van der Waals surface area contributed by atoms with Gasteiger partial charge >= 0.3 is 0 Å². The summed E-state index contributed by atoms with van der Waals surface area (Å²) in [5.41, 5.74) is 6.20. The molecule has 0 saturated heterocycles. The summed E-state index contributed by atoms with van der Waals surface area (Å²) < 4.78 is 0. The Morgan fingerprint density at radius 1 is 1.40 bits per heavy atom. The highest BCUT2D eigenvalue weighted by Crippen LogP contribution is 2.11. The first-order valence-corrected chi connectivity index (χ1v) is 5.21. The van der Waals surface area contributed by atoms with Gasteiger partial charge in [0.2, 0.25) is 0 Å². The van der Waals surface area contributed by atoms with Gasteiger partial charge in [-0.3, -0.25) is 5.41 Å². The van der Waals surface area contributed by atoms with Crippen LogP contribution in [0.15, 0.2) is 18.2 Å². The summed E-state index contributed by atoms with van der Waals surface area (Å²) in [4.78, 5) is 6.63. The number of nitrogens with zero attached hydrogens (tertiary/aromatic N) is 2. The van der Waals surface area contributed by atoms with Gasteiger partial charge in [0, 0.05) is 19.5 Å². The maximum atomic E-state index is 7.22. The minimum absolute atomic E-state index is 0.152. The lowest BCUT2D eigenvalue weighted by Crippen LogP contribution is -2.23. The molecule has 0 bridgehead atoms. The topological polar surface area (TPSA) is 66.0 Å². The number of amidine groups is 1. The number of nitrogens with one attached hydrogen (secondary N) is 1. The molecule has 1 rings (SSSR count). The van der Waals surface area contributed by atoms with Crippen LogP contribution in [0.5, 0.6) is 0 Å². The van der Waals surface area contributed by atoms with Crippen LogP contribution >= 0.6 is 0 Å². The zero-order valence-electron chi connectivity index (χ0n) is 9.33. The first-order chi connectivity index (χ1) is 7.17. The molecule has 0 fully saturated rings. The van der Waals surface area contributed by atoms with Crippen LogP contribution in [-0.2, 0) is 6.42 Å². The molecule has 0 radical (unpaired) electrons. The molecule has 0 aromatic carbocycles. The summed E-state index contributed by atoms with van der Waals surface area (Å²) in [6.07, 6.45) is 0.426. The fourth-order valence-corrected chi connectivity index (χ4v) is 1.48. The lowest BCUT2D eigenvalue weighted by atomic mass is 10.2. The monoisotopic (exact) mass is 206 g/mol. The highest BCUT2D eigenvalue weighted by atomic mass is 15.2. The van der Waals surface area contributed by atoms with Gasteiger partial charge in [0.25, 0.3) is 0 Å². The van der Waals surface area contributed by atoms with Gasteiger partial charge in [-0.05, 0) is 26.0 Å². The molecule has 0 aliphatic rings. The van der Waals surface area contributed by atoms with E-state index in [2.05, 4.69) is 23.7 Å². The van der Waals surface area contributed by atoms with Crippen molar-refractivity contribution in [2.75, 3.05) is 18.0 Å². The molecule has 0 aliphatic carbocycles. The molecule has 4 nitrogen and oxygen atoms in total. The third-order valence-corrected chi connectivity index (χ3v) is 2.25. The molecule has 4 heteroatoms. The number of nitrogens with two attached hydrogens (primary N) is 1. The summed E-state index contributed by atoms with van der Waals surface area (Å²) in [6.45, 7) is 6.08. The van der Waals surface area contributed by atoms with Crippen LogP contribution < -0.4 is 10.6 Å². The number of hydrogen-bond donors (Lipinski definition) is 2. The van der Waals surface area contributed by atoms with E-state index in [4.69, 9.17) is 11.1 Å². The van der Waals surface area contributed by atoms with Gasteiger partial charge in [0.15, 0.2) is 0 Å². The van der Waals surface area contributed by atoms with E-state index < -0.39 is 0 Å². The second-order valence-corrected chi connectivity index (χ2v) is 3.36. The third-order valence-electron chi connectivity index (χ3n) is 2.25. The number of aromatic nitrogens is 1. The predicted molar refractivity (Wildman–Crippen MR) is 63.4 cm³/mol. The van der Waals surface area contributed by atoms with Crippen LogP contribution in [0.1, 0.15) is 19.5 Å². The lowest BCUT2D eigenvalue weighted by Gasteiger charge is -2.20. The number of rotatable bonds is 5. The Balaban J connectivity index is 2.86. The van der Waals surface area contributed by atoms with E-state index in [9.17, 15) is 0 Å². The second kappa shape index (κ2) is 5.34. The van der Waals surface area contributed by atoms with Gasteiger partial charge in [-0.2, -0.15) is 0 Å². The zero-order valence-corrected chi connectivity index (χ0v) is 9.33. The maximum Gasteiger partial charge on any atom is 0.128 e. The van der Waals surface area contributed by atoms with E-state index in [1.807, 2.05) is 18.2 Å². The molecule has 0 amide bonds. The standard InChI is InChI=1S/C11H18N4/c1-3-15(4-2)11-7-5-6-9(14-11)8-10(12)13/h5-7H,3-4,8H2,1-2H3,(H3,12,13). The Morgan fingerprint density at radius 3 is 2.60 bits per heavy atom. The third kappa shape index (κ3) is 3.23. The maximum absolute atomic E-state index is 7.22. The largest absolute Gasteiger partial charge is 0.387 e. The van der Waals surface area contributed by atoms with Crippen molar-refractivity contribution in [3.05, 3.63) is 23.9 Å². The fraction of sp³-hybridized carbons (Fsp3) is 0.455. The molecule has 3 N–H and O–H groups in total. The highest BCUT2D eigenvalue weighted by molar-refractivity contribution is 5.79. The van der Waals surface area contributed by atoms with Crippen molar-refractivity contribution >= 4 is 11.7 Å². The van der Waals surface area contributed by atoms with Crippen LogP contribution in [0, 0.1) is 5.41 Å². The van der Waals surface area contributed by atoms with Crippen molar-refractivity contribution in [3.63, 3.8) is 0 Å². The normalized spacial score (nSPS) is 10.0. The Labute approximate surface area is 90.6 Å². The highest BCUT2D eigenvalue weighted by Gasteiger charge is 2.04. The molecular weight excluding hydrogens is 188 g/mol. The molecule has 0 spiro atoms. The molecule has 0 unspecified atom stereocenters. The van der Waals surface area contributed by atoms with E-state index in [-0.39, 0.29) is 5.84 Å². The minimum atomic E-state index is 0.152. The summed E-state index contributed by atoms with van der Waals surface area (Å²) in [7, 11) is 0. The quantitative estimate of drug-likeness (QED) is 0.565. The van der Waals surface area contributed by atoms with Crippen molar-refractivity contribution in [3.8, 4) is 0 Å². The lowest BCUT2D eigenvalue weighted by molar-refractivity contribution is 0.840. The van der Waals surface area contributed by atoms with Crippen molar-refractivity contribution in [1.29, 1.82) is 5.41 Å². The van der Waals surface area contributed by atoms with Gasteiger partial charge in [0.1, 0.15) is 5.82 Å². The Kier molecular flexibility index (Phi) is 4.09. The van der Waals surface area contributed by atoms with Crippen molar-refractivity contribution < 1.29 is 0 Å². The molecular formula is C11H18N4. The number of anilines is 1. The van der Waals surface area contributed by atoms with E-state index in [0.717, 1.165) is 24.6 Å². The summed E-state index contributed by atoms with van der Waals surface area (Å²) in [5.74, 6) is 1.11. The minimum Gasteiger partial charge on any atom is -0.387 e. The molecule has 0 atom stereocenters. The Bertz CT molecular complexity index is 331. The van der Waals surface area contributed by atoms with Gasteiger partial charge in [-0.25, -0.2) is 4.98 Å². The van der Waals surface area contributed by atoms with E-state index in [1.54, 1.807) is 0 Å². The molecule has 0 saturated carbocycles. The summed E-state index contributed by atoms with van der Waals surface area (Å²) in [6, 6.07) is 5.84. The predicted octanol–water partition coefficient (Wildman–Crippen LogP) is 1.41. The van der Waals surface area contributed by atoms with Crippen LogP contribution in [0.2, 0.25) is 0 Å². The van der Waals surface area contributed by atoms with Gasteiger partial charge in [-0.15, -0.1) is 0 Å². The van der Waals surface area contributed by atoms with Crippen molar-refractivity contribution in [2.45, 2.75) is 20.3 Å². The van der Waals surface area contributed by atoms with Crippen LogP contribution in [0.3, 0.4) is 0 Å². The fourth-order valence-electron chi connectivity index (χ4n) is 1.48. The van der Waals surface area contributed by atoms with Crippen LogP contribution in [0.25, 0.3) is 0 Å². The number of hydrogen-bond acceptors (Lipinski definition) is 3. The molecule has 1 aromatic heterocycles. The number of pyridine rings is 1. The van der Waals surface area contributed by atoms with Gasteiger partial charge < -0.3 is 10.6 Å². The molecule has 82 valence electrons. The SMILES string of the molecule is CCN(CC)c1cccc(CC(=N)N)n1. The van der Waals surface area contributed by atoms with Crippen molar-refractivity contribution in [2.24, 2.45) is 5.73 Å². The first-order valence-electron chi connectivity index (χ1n) is 5.21. The van der Waals surface area contributed by atoms with Gasteiger partial charge in [0.05, 0.1) is 11.5 Å². The van der Waals surface area contributed by atoms with E-state index in [1.165, 1.54) is 0 Å². The molecule has 0 aliphatic heterocycles. The van der Waals surface area contributed by atoms with E-state index >= 15 is 0 Å². The van der Waals surface area contributed by atoms with E-state index in [0.29, 0.717) is 6.42 Å². The van der Waals surface area contributed by atoms with Gasteiger partial charge in [-0.1, -0.05) is 6.07 Å². The van der Waals surface area contributed by atoms with Crippen molar-refractivity contribution in [1.82, 2.24) is 4.98 Å². The smallest absolute Gasteiger partial charge is 0.128 e. The summed E-state index contributed by atoms with van der Waals surface area (Å²) >= 11 is 0. The average Bonchev–Trinajstić information content (AvgIpc) is 2.19. The molecule has 15 heavy (non-hydrogen) atoms. The first kappa shape index (κ1) is 11.5. The van der Waals surface area contributed by atoms with Crippen LogP contribution in [-0.4, -0.2) is 23.9 Å². The molecule has 1 aromatic rings. The summed E-state index contributed by atoms with van der Waals surface area (Å²) in [5, 5.41) is 7.22. The Hall–Kier alpha value is -1.58. The Morgan fingerprint density at radius 2 is 2.07 bits per heavy atom. The second-order valence-electron chi connectivity index (χ2n) is 3.36. The van der Waals surface area contributed by atoms with Crippen LogP contribution in [0.4, 0.5) is 5.82 Å². The molecule has 1 heterocycles. The zero-order chi connectivity index (χ0) is 11.3. The average molecular weight is 206 g/mol.